The first-order valence-electron chi connectivity index (χ1n) is 10.7. The molecule has 3 aromatic rings. The third kappa shape index (κ3) is 4.23. The van der Waals surface area contributed by atoms with Crippen LogP contribution in [-0.4, -0.2) is 43.3 Å². The monoisotopic (exact) mass is 453 g/mol. The van der Waals surface area contributed by atoms with Crippen LogP contribution in [0.3, 0.4) is 0 Å². The first kappa shape index (κ1) is 22.3. The standard InChI is InChI=1S/C23H27N5O3S/c1-13-14(2)32-23-20(13)21(17-9-7-16(8-10-17)6-4-5-11-24-31)25-18(12-19(29)30)22-27-26-15(3)28(22)23/h7-10,18,24,31H,4-6,11-12H2,1-3H3,(H,29,30)/t18-/m1/s1. The van der Waals surface area contributed by atoms with Gasteiger partial charge in [0.25, 0.3) is 0 Å². The molecule has 0 spiro atoms. The highest BCUT2D eigenvalue weighted by molar-refractivity contribution is 7.15. The van der Waals surface area contributed by atoms with Gasteiger partial charge in [0.05, 0.1) is 12.1 Å². The number of aliphatic carboxylic acids is 1. The fourth-order valence-corrected chi connectivity index (χ4v) is 5.27. The number of thiophene rings is 1. The van der Waals surface area contributed by atoms with Crippen LogP contribution in [0.25, 0.3) is 5.00 Å². The molecule has 0 saturated heterocycles. The summed E-state index contributed by atoms with van der Waals surface area (Å²) in [5, 5.41) is 27.8. The highest BCUT2D eigenvalue weighted by atomic mass is 32.1. The van der Waals surface area contributed by atoms with Crippen LogP contribution in [0.4, 0.5) is 0 Å². The SMILES string of the molecule is Cc1sc2c(c1C)C(c1ccc(CCCCNO)cc1)=N[C@H](CC(=O)O)c1nnc(C)n1-2. The predicted molar refractivity (Wildman–Crippen MR) is 123 cm³/mol. The summed E-state index contributed by atoms with van der Waals surface area (Å²) in [5.41, 5.74) is 7.32. The summed E-state index contributed by atoms with van der Waals surface area (Å²) in [7, 11) is 0. The van der Waals surface area contributed by atoms with Gasteiger partial charge in [0.2, 0.25) is 0 Å². The van der Waals surface area contributed by atoms with Gasteiger partial charge >= 0.3 is 5.97 Å². The van der Waals surface area contributed by atoms with E-state index in [0.717, 1.165) is 52.5 Å². The van der Waals surface area contributed by atoms with Crippen LogP contribution in [0.2, 0.25) is 0 Å². The molecule has 0 saturated carbocycles. The van der Waals surface area contributed by atoms with Crippen molar-refractivity contribution in [1.82, 2.24) is 20.2 Å². The number of hydrogen-bond donors (Lipinski definition) is 3. The Labute approximate surface area is 190 Å². The maximum Gasteiger partial charge on any atom is 0.306 e. The Morgan fingerprint density at radius 3 is 2.59 bits per heavy atom. The van der Waals surface area contributed by atoms with Crippen molar-refractivity contribution in [2.24, 2.45) is 4.99 Å². The number of carboxylic acid groups (broad SMARTS) is 1. The Morgan fingerprint density at radius 2 is 1.91 bits per heavy atom. The molecule has 9 heteroatoms. The van der Waals surface area contributed by atoms with Gasteiger partial charge in [-0.1, -0.05) is 24.3 Å². The second-order valence-corrected chi connectivity index (χ2v) is 9.26. The molecule has 3 N–H and O–H groups in total. The molecule has 1 aromatic carbocycles. The molecule has 0 radical (unpaired) electrons. The van der Waals surface area contributed by atoms with Crippen LogP contribution in [0.5, 0.6) is 0 Å². The highest BCUT2D eigenvalue weighted by Crippen LogP contribution is 2.39. The van der Waals surface area contributed by atoms with Gasteiger partial charge in [-0.15, -0.1) is 21.5 Å². The molecule has 0 amide bonds. The lowest BCUT2D eigenvalue weighted by Gasteiger charge is -2.11. The second kappa shape index (κ2) is 9.32. The molecule has 4 rings (SSSR count). The molecule has 8 nitrogen and oxygen atoms in total. The quantitative estimate of drug-likeness (QED) is 0.352. The van der Waals surface area contributed by atoms with E-state index in [-0.39, 0.29) is 6.42 Å². The Bertz CT molecular complexity index is 1160. The van der Waals surface area contributed by atoms with Crippen molar-refractivity contribution in [3.63, 3.8) is 0 Å². The van der Waals surface area contributed by atoms with E-state index >= 15 is 0 Å². The van der Waals surface area contributed by atoms with Crippen molar-refractivity contribution < 1.29 is 15.1 Å². The van der Waals surface area contributed by atoms with Crippen LogP contribution in [-0.2, 0) is 11.2 Å². The van der Waals surface area contributed by atoms with Gasteiger partial charge in [-0.2, -0.15) is 0 Å². The summed E-state index contributed by atoms with van der Waals surface area (Å²) in [5.74, 6) is 0.370. The summed E-state index contributed by atoms with van der Waals surface area (Å²) < 4.78 is 1.97. The Hall–Kier alpha value is -2.88. The number of nitrogens with zero attached hydrogens (tertiary/aromatic N) is 4. The zero-order valence-electron chi connectivity index (χ0n) is 18.4. The molecule has 0 bridgehead atoms. The zero-order chi connectivity index (χ0) is 22.8. The lowest BCUT2D eigenvalue weighted by Crippen LogP contribution is -2.10. The first-order chi connectivity index (χ1) is 15.4. The number of rotatable bonds is 8. The van der Waals surface area contributed by atoms with Gasteiger partial charge < -0.3 is 10.3 Å². The number of hydrogen-bond acceptors (Lipinski definition) is 7. The third-order valence-corrected chi connectivity index (χ3v) is 7.03. The minimum atomic E-state index is -0.920. The molecule has 0 unspecified atom stereocenters. The van der Waals surface area contributed by atoms with Gasteiger partial charge in [0, 0.05) is 22.5 Å². The average molecular weight is 454 g/mol. The molecule has 0 aliphatic carbocycles. The molecule has 1 atom stereocenters. The van der Waals surface area contributed by atoms with Crippen LogP contribution < -0.4 is 5.48 Å². The number of unbranched alkanes of at least 4 members (excludes halogenated alkanes) is 1. The third-order valence-electron chi connectivity index (χ3n) is 5.84. The summed E-state index contributed by atoms with van der Waals surface area (Å²) in [6, 6.07) is 7.70. The van der Waals surface area contributed by atoms with E-state index < -0.39 is 12.0 Å². The van der Waals surface area contributed by atoms with Crippen molar-refractivity contribution in [1.29, 1.82) is 0 Å². The smallest absolute Gasteiger partial charge is 0.306 e. The number of aryl methyl sites for hydroxylation is 3. The lowest BCUT2D eigenvalue weighted by atomic mass is 9.97. The van der Waals surface area contributed by atoms with E-state index in [1.807, 2.05) is 11.5 Å². The molecule has 32 heavy (non-hydrogen) atoms. The number of carbonyl (C=O) groups is 1. The van der Waals surface area contributed by atoms with E-state index in [2.05, 4.69) is 53.8 Å². The highest BCUT2D eigenvalue weighted by Gasteiger charge is 2.32. The first-order valence-corrected chi connectivity index (χ1v) is 11.5. The molecular formula is C23H27N5O3S. The van der Waals surface area contributed by atoms with Crippen molar-refractivity contribution in [2.75, 3.05) is 6.54 Å². The Balaban J connectivity index is 1.78. The van der Waals surface area contributed by atoms with E-state index in [4.69, 9.17) is 10.2 Å². The number of fused-ring (bicyclic) bond motifs is 3. The normalized spacial score (nSPS) is 15.1. The summed E-state index contributed by atoms with van der Waals surface area (Å²) in [4.78, 5) is 17.8. The number of nitrogens with one attached hydrogen (secondary N) is 1. The zero-order valence-corrected chi connectivity index (χ0v) is 19.2. The van der Waals surface area contributed by atoms with Gasteiger partial charge in [-0.25, -0.2) is 5.48 Å². The van der Waals surface area contributed by atoms with E-state index in [0.29, 0.717) is 12.4 Å². The van der Waals surface area contributed by atoms with Crippen molar-refractivity contribution in [3.8, 4) is 5.00 Å². The van der Waals surface area contributed by atoms with Crippen LogP contribution in [0, 0.1) is 20.8 Å². The van der Waals surface area contributed by atoms with Crippen molar-refractivity contribution in [2.45, 2.75) is 52.5 Å². The maximum atomic E-state index is 11.6. The van der Waals surface area contributed by atoms with Crippen molar-refractivity contribution >= 4 is 23.0 Å². The maximum absolute atomic E-state index is 11.6. The largest absolute Gasteiger partial charge is 0.481 e. The summed E-state index contributed by atoms with van der Waals surface area (Å²) in [6.45, 7) is 6.64. The van der Waals surface area contributed by atoms with E-state index in [1.54, 1.807) is 11.3 Å². The number of aromatic nitrogens is 3. The van der Waals surface area contributed by atoms with Crippen molar-refractivity contribution in [3.05, 3.63) is 63.0 Å². The summed E-state index contributed by atoms with van der Waals surface area (Å²) in [6.07, 6.45) is 2.66. The Kier molecular flexibility index (Phi) is 6.50. The molecule has 1 aliphatic heterocycles. The minimum Gasteiger partial charge on any atom is -0.481 e. The molecule has 0 fully saturated rings. The topological polar surface area (TPSA) is 113 Å². The number of hydroxylamine groups is 1. The molecule has 2 aromatic heterocycles. The lowest BCUT2D eigenvalue weighted by molar-refractivity contribution is -0.137. The van der Waals surface area contributed by atoms with Crippen LogP contribution in [0.15, 0.2) is 29.3 Å². The van der Waals surface area contributed by atoms with Gasteiger partial charge in [-0.3, -0.25) is 14.4 Å². The summed E-state index contributed by atoms with van der Waals surface area (Å²) >= 11 is 1.66. The second-order valence-electron chi connectivity index (χ2n) is 8.06. The fraction of sp³-hybridized carbons (Fsp3) is 0.391. The van der Waals surface area contributed by atoms with E-state index in [9.17, 15) is 9.90 Å². The van der Waals surface area contributed by atoms with Gasteiger partial charge in [-0.05, 0) is 51.2 Å². The van der Waals surface area contributed by atoms with Crippen LogP contribution in [0.1, 0.15) is 64.1 Å². The van der Waals surface area contributed by atoms with E-state index in [1.165, 1.54) is 10.4 Å². The fourth-order valence-electron chi connectivity index (χ4n) is 4.05. The van der Waals surface area contributed by atoms with Crippen LogP contribution >= 0.6 is 11.3 Å². The molecule has 1 aliphatic rings. The van der Waals surface area contributed by atoms with Gasteiger partial charge in [0.1, 0.15) is 16.9 Å². The number of carboxylic acids is 1. The number of aliphatic imine (C=N–C) groups is 1. The number of benzene rings is 1. The molecular weight excluding hydrogens is 426 g/mol. The minimum absolute atomic E-state index is 0.147. The predicted octanol–water partition coefficient (Wildman–Crippen LogP) is 3.92. The van der Waals surface area contributed by atoms with Gasteiger partial charge in [0.15, 0.2) is 5.82 Å². The molecule has 168 valence electrons. The average Bonchev–Trinajstić information content (AvgIpc) is 3.24. The molecule has 3 heterocycles. The Morgan fingerprint density at radius 1 is 1.16 bits per heavy atom.